The smallest absolute Gasteiger partial charge is 0.0418 e. The normalized spacial score (nSPS) is 13.8. The summed E-state index contributed by atoms with van der Waals surface area (Å²) in [6, 6.07) is 19.7. The van der Waals surface area contributed by atoms with E-state index in [-0.39, 0.29) is 0 Å². The van der Waals surface area contributed by atoms with Crippen LogP contribution < -0.4 is 10.7 Å². The third-order valence-electron chi connectivity index (χ3n) is 6.24. The van der Waals surface area contributed by atoms with Crippen LogP contribution >= 0.6 is 11.3 Å². The zero-order valence-corrected chi connectivity index (χ0v) is 17.4. The fourth-order valence-corrected chi connectivity index (χ4v) is 5.55. The number of rotatable bonds is 6. The number of hydrogen-bond acceptors (Lipinski definition) is 1. The number of allylic oxidation sites excluding steroid dienone is 1. The van der Waals surface area contributed by atoms with E-state index in [1.165, 1.54) is 32.3 Å². The number of benzene rings is 2. The first-order valence-electron chi connectivity index (χ1n) is 10.3. The fraction of sp³-hybridized carbons (Fsp3) is 0.185. The van der Waals surface area contributed by atoms with Crippen LogP contribution in [0, 0.1) is 0 Å². The molecular formula is C27H25NS. The highest BCUT2D eigenvalue weighted by Gasteiger charge is 2.18. The van der Waals surface area contributed by atoms with Crippen LogP contribution in [0.5, 0.6) is 0 Å². The molecule has 1 aliphatic carbocycles. The van der Waals surface area contributed by atoms with Crippen LogP contribution in [0.4, 0.5) is 0 Å². The predicted molar refractivity (Wildman–Crippen MR) is 127 cm³/mol. The van der Waals surface area contributed by atoms with Gasteiger partial charge in [-0.25, -0.2) is 0 Å². The molecule has 0 amide bonds. The van der Waals surface area contributed by atoms with Gasteiger partial charge in [0, 0.05) is 32.9 Å². The van der Waals surface area contributed by atoms with Gasteiger partial charge in [-0.15, -0.1) is 11.3 Å². The van der Waals surface area contributed by atoms with Crippen LogP contribution in [-0.4, -0.2) is 4.57 Å². The molecular weight excluding hydrogens is 370 g/mol. The van der Waals surface area contributed by atoms with Gasteiger partial charge in [0.1, 0.15) is 0 Å². The standard InChI is InChI=1S/C27H25NS/c1-19-24-11-3-4-12-25(24)20(2)28(19)16-15-23(27-14-7-17-29-27)18-22-10-5-8-21-9-6-13-26(21)22/h3-12,14,17,23H,1-2,13,15-16,18H2. The highest BCUT2D eigenvalue weighted by atomic mass is 32.1. The van der Waals surface area contributed by atoms with Gasteiger partial charge in [0.15, 0.2) is 0 Å². The van der Waals surface area contributed by atoms with E-state index in [0.717, 1.165) is 36.5 Å². The van der Waals surface area contributed by atoms with Crippen LogP contribution in [0.25, 0.3) is 30.0 Å². The third kappa shape index (κ3) is 3.28. The van der Waals surface area contributed by atoms with Crippen molar-refractivity contribution in [1.29, 1.82) is 0 Å². The van der Waals surface area contributed by atoms with Crippen molar-refractivity contribution in [1.82, 2.24) is 4.57 Å². The van der Waals surface area contributed by atoms with E-state index in [4.69, 9.17) is 0 Å². The van der Waals surface area contributed by atoms with E-state index < -0.39 is 0 Å². The number of nitrogens with zero attached hydrogens (tertiary/aromatic N) is 1. The molecule has 0 bridgehead atoms. The number of thiophene rings is 1. The van der Waals surface area contributed by atoms with Crippen molar-refractivity contribution in [2.75, 3.05) is 0 Å². The van der Waals surface area contributed by atoms with E-state index in [9.17, 15) is 0 Å². The zero-order chi connectivity index (χ0) is 19.8. The average Bonchev–Trinajstić information content (AvgIpc) is 3.48. The quantitative estimate of drug-likeness (QED) is 0.406. The van der Waals surface area contributed by atoms with Gasteiger partial charge in [-0.1, -0.05) is 73.8 Å². The summed E-state index contributed by atoms with van der Waals surface area (Å²) in [4.78, 5) is 1.47. The maximum Gasteiger partial charge on any atom is 0.0418 e. The van der Waals surface area contributed by atoms with E-state index in [1.54, 1.807) is 0 Å². The molecule has 2 aromatic carbocycles. The molecule has 1 aliphatic rings. The SMILES string of the molecule is C=c1c2ccccc2c(=C)n1CCC(Cc1cccc2c1CC=C2)c1cccs1. The van der Waals surface area contributed by atoms with E-state index in [1.807, 2.05) is 11.3 Å². The molecule has 2 aromatic heterocycles. The van der Waals surface area contributed by atoms with Crippen molar-refractivity contribution in [3.63, 3.8) is 0 Å². The van der Waals surface area contributed by atoms with Gasteiger partial charge in [-0.3, -0.25) is 0 Å². The van der Waals surface area contributed by atoms with E-state index in [2.05, 4.69) is 89.9 Å². The third-order valence-corrected chi connectivity index (χ3v) is 7.28. The van der Waals surface area contributed by atoms with E-state index in [0.29, 0.717) is 5.92 Å². The number of aromatic nitrogens is 1. The molecule has 5 rings (SSSR count). The summed E-state index contributed by atoms with van der Waals surface area (Å²) in [5.74, 6) is 0.506. The van der Waals surface area contributed by atoms with Gasteiger partial charge in [-0.05, 0) is 53.3 Å². The van der Waals surface area contributed by atoms with Gasteiger partial charge in [0.25, 0.3) is 0 Å². The second-order valence-corrected chi connectivity index (χ2v) is 8.87. The van der Waals surface area contributed by atoms with Crippen LogP contribution in [-0.2, 0) is 19.4 Å². The van der Waals surface area contributed by atoms with Gasteiger partial charge < -0.3 is 4.57 Å². The molecule has 0 spiro atoms. The van der Waals surface area contributed by atoms with Gasteiger partial charge in [-0.2, -0.15) is 0 Å². The first-order valence-corrected chi connectivity index (χ1v) is 11.2. The zero-order valence-electron chi connectivity index (χ0n) is 16.6. The van der Waals surface area contributed by atoms with Gasteiger partial charge in [0.2, 0.25) is 0 Å². The highest BCUT2D eigenvalue weighted by Crippen LogP contribution is 2.32. The fourth-order valence-electron chi connectivity index (χ4n) is 4.68. The van der Waals surface area contributed by atoms with Gasteiger partial charge in [0.05, 0.1) is 0 Å². The lowest BCUT2D eigenvalue weighted by atomic mass is 9.90. The molecule has 2 heterocycles. The second-order valence-electron chi connectivity index (χ2n) is 7.89. The molecule has 0 fully saturated rings. The van der Waals surface area contributed by atoms with Crippen molar-refractivity contribution >= 4 is 41.3 Å². The largest absolute Gasteiger partial charge is 0.341 e. The Morgan fingerprint density at radius 1 is 0.931 bits per heavy atom. The number of hydrogen-bond donors (Lipinski definition) is 0. The maximum atomic E-state index is 4.36. The van der Waals surface area contributed by atoms with E-state index >= 15 is 0 Å². The summed E-state index contributed by atoms with van der Waals surface area (Å²) in [6.45, 7) is 9.66. The minimum atomic E-state index is 0.506. The summed E-state index contributed by atoms with van der Waals surface area (Å²) >= 11 is 1.88. The van der Waals surface area contributed by atoms with Crippen molar-refractivity contribution in [2.24, 2.45) is 0 Å². The lowest BCUT2D eigenvalue weighted by Crippen LogP contribution is -2.26. The topological polar surface area (TPSA) is 4.93 Å². The molecule has 0 saturated carbocycles. The van der Waals surface area contributed by atoms with Crippen LogP contribution in [0.3, 0.4) is 0 Å². The van der Waals surface area contributed by atoms with Crippen molar-refractivity contribution in [3.8, 4) is 0 Å². The first-order chi connectivity index (χ1) is 14.2. The predicted octanol–water partition coefficient (Wildman–Crippen LogP) is 5.51. The molecule has 0 aliphatic heterocycles. The summed E-state index contributed by atoms with van der Waals surface area (Å²) in [5.41, 5.74) is 4.40. The monoisotopic (exact) mass is 395 g/mol. The van der Waals surface area contributed by atoms with Crippen molar-refractivity contribution in [2.45, 2.75) is 31.7 Å². The number of fused-ring (bicyclic) bond motifs is 2. The van der Waals surface area contributed by atoms with Crippen molar-refractivity contribution in [3.05, 3.63) is 98.3 Å². The molecule has 29 heavy (non-hydrogen) atoms. The molecule has 1 atom stereocenters. The van der Waals surface area contributed by atoms with Crippen molar-refractivity contribution < 1.29 is 0 Å². The Morgan fingerprint density at radius 2 is 1.72 bits per heavy atom. The van der Waals surface area contributed by atoms with Crippen LogP contribution in [0.15, 0.2) is 66.1 Å². The minimum Gasteiger partial charge on any atom is -0.341 e. The molecule has 0 N–H and O–H groups in total. The maximum absolute atomic E-state index is 4.36. The summed E-state index contributed by atoms with van der Waals surface area (Å²) in [7, 11) is 0. The Kier molecular flexibility index (Phi) is 4.73. The first kappa shape index (κ1) is 18.2. The summed E-state index contributed by atoms with van der Waals surface area (Å²) < 4.78 is 2.31. The Morgan fingerprint density at radius 3 is 2.45 bits per heavy atom. The average molecular weight is 396 g/mol. The summed E-state index contributed by atoms with van der Waals surface area (Å²) in [6.07, 6.45) is 7.78. The molecule has 2 heteroatoms. The minimum absolute atomic E-state index is 0.506. The molecule has 4 aromatic rings. The van der Waals surface area contributed by atoms with Crippen LogP contribution in [0.1, 0.15) is 33.9 Å². The van der Waals surface area contributed by atoms with Crippen LogP contribution in [0.2, 0.25) is 0 Å². The molecule has 144 valence electrons. The van der Waals surface area contributed by atoms with Gasteiger partial charge >= 0.3 is 0 Å². The molecule has 0 radical (unpaired) electrons. The molecule has 0 saturated heterocycles. The Hall–Kier alpha value is -2.84. The Bertz CT molecular complexity index is 1240. The lowest BCUT2D eigenvalue weighted by molar-refractivity contribution is 0.539. The molecule has 1 unspecified atom stereocenters. The summed E-state index contributed by atoms with van der Waals surface area (Å²) in [5, 5.41) is 6.80. The molecule has 1 nitrogen and oxygen atoms in total. The second kappa shape index (κ2) is 7.53. The highest BCUT2D eigenvalue weighted by molar-refractivity contribution is 7.10. The Labute approximate surface area is 175 Å². The Balaban J connectivity index is 1.45. The lowest BCUT2D eigenvalue weighted by Gasteiger charge is -2.19.